The molecule has 1 amide bonds. The maximum Gasteiger partial charge on any atom is 0.268 e. The Bertz CT molecular complexity index is 1070. The summed E-state index contributed by atoms with van der Waals surface area (Å²) in [7, 11) is 1.24. The van der Waals surface area contributed by atoms with E-state index in [1.165, 1.54) is 148 Å². The van der Waals surface area contributed by atoms with Crippen LogP contribution in [0.2, 0.25) is 0 Å². The topological polar surface area (TPSA) is 108 Å². The Labute approximate surface area is 372 Å². The van der Waals surface area contributed by atoms with Crippen molar-refractivity contribution in [3.63, 3.8) is 0 Å². The Hall–Kier alpha value is -1.28. The van der Waals surface area contributed by atoms with Gasteiger partial charge in [-0.25, -0.2) is 0 Å². The molecule has 0 aliphatic heterocycles. The Kier molecular flexibility index (Phi) is 42.1. The quantitative estimate of drug-likeness (QED) is 0.0273. The summed E-state index contributed by atoms with van der Waals surface area (Å²) in [5.41, 5.74) is 0. The lowest BCUT2D eigenvalue weighted by Gasteiger charge is -2.29. The van der Waals surface area contributed by atoms with E-state index in [9.17, 15) is 19.4 Å². The van der Waals surface area contributed by atoms with E-state index in [4.69, 9.17) is 9.05 Å². The number of nitrogens with zero attached hydrogens (tertiary/aromatic N) is 1. The van der Waals surface area contributed by atoms with Crippen molar-refractivity contribution in [2.75, 3.05) is 40.9 Å². The number of nitrogens with one attached hydrogen (secondary N) is 1. The molecule has 0 heterocycles. The lowest BCUT2D eigenvalue weighted by Crippen LogP contribution is -2.45. The van der Waals surface area contributed by atoms with Crippen LogP contribution in [0.25, 0.3) is 0 Å². The minimum Gasteiger partial charge on any atom is -0.756 e. The third-order valence-electron chi connectivity index (χ3n) is 11.3. The van der Waals surface area contributed by atoms with Gasteiger partial charge >= 0.3 is 0 Å². The van der Waals surface area contributed by atoms with Crippen LogP contribution in [0.5, 0.6) is 0 Å². The molecular weight excluding hydrogens is 768 g/mol. The van der Waals surface area contributed by atoms with Crippen molar-refractivity contribution in [2.45, 2.75) is 244 Å². The number of phosphoric acid groups is 1. The zero-order valence-electron chi connectivity index (χ0n) is 40.2. The van der Waals surface area contributed by atoms with Gasteiger partial charge in [0.1, 0.15) is 13.2 Å². The van der Waals surface area contributed by atoms with Crippen molar-refractivity contribution in [1.29, 1.82) is 0 Å². The van der Waals surface area contributed by atoms with Gasteiger partial charge in [-0.15, -0.1) is 0 Å². The fourth-order valence-corrected chi connectivity index (χ4v) is 8.01. The van der Waals surface area contributed by atoms with Gasteiger partial charge in [0.15, 0.2) is 0 Å². The molecule has 8 nitrogen and oxygen atoms in total. The first-order valence-corrected chi connectivity index (χ1v) is 26.8. The molecule has 354 valence electrons. The summed E-state index contributed by atoms with van der Waals surface area (Å²) in [5.74, 6) is -0.219. The number of carbonyl (C=O) groups is 1. The summed E-state index contributed by atoms with van der Waals surface area (Å²) in [6.07, 6.45) is 53.8. The molecule has 0 fully saturated rings. The van der Waals surface area contributed by atoms with E-state index in [0.717, 1.165) is 64.2 Å². The van der Waals surface area contributed by atoms with Crippen LogP contribution < -0.4 is 10.2 Å². The van der Waals surface area contributed by atoms with Crippen molar-refractivity contribution in [2.24, 2.45) is 0 Å². The maximum atomic E-state index is 12.8. The van der Waals surface area contributed by atoms with Gasteiger partial charge in [-0.1, -0.05) is 211 Å². The standard InChI is InChI=1S/C51H99N2O6P/c1-6-8-10-12-14-16-18-19-20-21-22-23-24-25-26-27-28-29-30-31-32-33-34-35-36-38-40-42-44-50(54)49(48-59-60(56,57)58-47-46-53(3,4)5)52-51(55)45-43-41-39-37-17-15-13-11-9-7-2/h11,13,35-36,42,44,49-50,54H,6-10,12,14-34,37-41,43,45-48H2,1-5H3,(H-,52,55,56,57)/b13-11-,36-35+,44-42+. The predicted octanol–water partition coefficient (Wildman–Crippen LogP) is 14.0. The van der Waals surface area contributed by atoms with E-state index in [0.29, 0.717) is 17.4 Å². The SMILES string of the molecule is CCC/C=C\CCCCCCCC(=O)NC(COP(=O)([O-])OCC[N+](C)(C)C)C(O)/C=C/CC/C=C/CCCCCCCCCCCCCCCCCCCCCCCC. The van der Waals surface area contributed by atoms with Crippen molar-refractivity contribution in [3.8, 4) is 0 Å². The van der Waals surface area contributed by atoms with Crippen LogP contribution in [-0.4, -0.2) is 68.5 Å². The second-order valence-electron chi connectivity index (χ2n) is 18.5. The third kappa shape index (κ3) is 44.8. The van der Waals surface area contributed by atoms with E-state index in [2.05, 4.69) is 43.5 Å². The molecule has 60 heavy (non-hydrogen) atoms. The van der Waals surface area contributed by atoms with Crippen LogP contribution >= 0.6 is 7.82 Å². The molecule has 3 atom stereocenters. The van der Waals surface area contributed by atoms with Crippen molar-refractivity contribution in [1.82, 2.24) is 5.32 Å². The Morgan fingerprint density at radius 3 is 1.42 bits per heavy atom. The highest BCUT2D eigenvalue weighted by Crippen LogP contribution is 2.38. The molecule has 2 N–H and O–H groups in total. The lowest BCUT2D eigenvalue weighted by molar-refractivity contribution is -0.870. The molecule has 0 aliphatic carbocycles. The summed E-state index contributed by atoms with van der Waals surface area (Å²) < 4.78 is 23.2. The number of allylic oxidation sites excluding steroid dienone is 5. The molecule has 0 aliphatic rings. The lowest BCUT2D eigenvalue weighted by atomic mass is 10.0. The number of quaternary nitrogens is 1. The van der Waals surface area contributed by atoms with Gasteiger partial charge in [0, 0.05) is 6.42 Å². The van der Waals surface area contributed by atoms with Crippen LogP contribution in [0.4, 0.5) is 0 Å². The largest absolute Gasteiger partial charge is 0.756 e. The van der Waals surface area contributed by atoms with Gasteiger partial charge in [0.05, 0.1) is 39.9 Å². The predicted molar refractivity (Wildman–Crippen MR) is 256 cm³/mol. The number of carbonyl (C=O) groups excluding carboxylic acids is 1. The first-order valence-electron chi connectivity index (χ1n) is 25.4. The summed E-state index contributed by atoms with van der Waals surface area (Å²) in [6, 6.07) is -0.905. The fourth-order valence-electron chi connectivity index (χ4n) is 7.29. The van der Waals surface area contributed by atoms with Crippen LogP contribution in [-0.2, 0) is 18.4 Å². The van der Waals surface area contributed by atoms with Gasteiger partial charge in [-0.2, -0.15) is 0 Å². The molecule has 0 rings (SSSR count). The molecule has 9 heteroatoms. The first kappa shape index (κ1) is 58.7. The Balaban J connectivity index is 4.17. The molecule has 0 saturated heterocycles. The van der Waals surface area contributed by atoms with Crippen molar-refractivity contribution in [3.05, 3.63) is 36.5 Å². The highest BCUT2D eigenvalue weighted by atomic mass is 31.2. The molecule has 0 aromatic heterocycles. The molecule has 0 radical (unpaired) electrons. The van der Waals surface area contributed by atoms with Crippen LogP contribution in [0.3, 0.4) is 0 Å². The molecule has 0 aromatic carbocycles. The number of phosphoric ester groups is 1. The Morgan fingerprint density at radius 2 is 0.967 bits per heavy atom. The summed E-state index contributed by atoms with van der Waals surface area (Å²) in [5, 5.41) is 13.8. The van der Waals surface area contributed by atoms with Crippen LogP contribution in [0.15, 0.2) is 36.5 Å². The number of rotatable bonds is 46. The van der Waals surface area contributed by atoms with Crippen molar-refractivity contribution < 1.29 is 32.9 Å². The highest BCUT2D eigenvalue weighted by molar-refractivity contribution is 7.45. The molecule has 0 bridgehead atoms. The third-order valence-corrected chi connectivity index (χ3v) is 12.3. The summed E-state index contributed by atoms with van der Waals surface area (Å²) in [4.78, 5) is 25.2. The number of hydrogen-bond acceptors (Lipinski definition) is 6. The minimum absolute atomic E-state index is 0.00800. The fraction of sp³-hybridized carbons (Fsp3) is 0.863. The molecule has 0 aromatic rings. The minimum atomic E-state index is -4.60. The number of unbranched alkanes of at least 4 members (excludes halogenated alkanes) is 29. The highest BCUT2D eigenvalue weighted by Gasteiger charge is 2.23. The van der Waals surface area contributed by atoms with E-state index < -0.39 is 26.6 Å². The summed E-state index contributed by atoms with van der Waals surface area (Å²) >= 11 is 0. The van der Waals surface area contributed by atoms with E-state index >= 15 is 0 Å². The Morgan fingerprint density at radius 1 is 0.567 bits per heavy atom. The number of aliphatic hydroxyl groups excluding tert-OH is 1. The average Bonchev–Trinajstić information content (AvgIpc) is 3.20. The van der Waals surface area contributed by atoms with Gasteiger partial charge in [0.2, 0.25) is 5.91 Å². The monoisotopic (exact) mass is 867 g/mol. The van der Waals surface area contributed by atoms with Crippen molar-refractivity contribution >= 4 is 13.7 Å². The smallest absolute Gasteiger partial charge is 0.268 e. The molecule has 3 unspecified atom stereocenters. The van der Waals surface area contributed by atoms with Gasteiger partial charge in [-0.3, -0.25) is 9.36 Å². The molecule has 0 spiro atoms. The second-order valence-corrected chi connectivity index (χ2v) is 19.9. The number of amides is 1. The van der Waals surface area contributed by atoms with E-state index in [-0.39, 0.29) is 12.5 Å². The molecule has 0 saturated carbocycles. The van der Waals surface area contributed by atoms with Crippen LogP contribution in [0, 0.1) is 0 Å². The van der Waals surface area contributed by atoms with Gasteiger partial charge in [-0.05, 0) is 51.4 Å². The van der Waals surface area contributed by atoms with Crippen LogP contribution in [0.1, 0.15) is 232 Å². The first-order chi connectivity index (χ1) is 29.0. The zero-order chi connectivity index (χ0) is 44.3. The maximum absolute atomic E-state index is 12.8. The van der Waals surface area contributed by atoms with Gasteiger partial charge in [0.25, 0.3) is 7.82 Å². The second kappa shape index (κ2) is 43.0. The van der Waals surface area contributed by atoms with E-state index in [1.54, 1.807) is 6.08 Å². The summed E-state index contributed by atoms with van der Waals surface area (Å²) in [6.45, 7) is 4.56. The van der Waals surface area contributed by atoms with Gasteiger partial charge < -0.3 is 28.8 Å². The average molecular weight is 867 g/mol. The zero-order valence-corrected chi connectivity index (χ0v) is 41.1. The molecular formula is C51H99N2O6P. The van der Waals surface area contributed by atoms with E-state index in [1.807, 2.05) is 27.2 Å². The number of aliphatic hydroxyl groups is 1. The normalized spacial score (nSPS) is 14.4. The number of likely N-dealkylation sites (N-methyl/N-ethyl adjacent to an activating group) is 1. The number of hydrogen-bond donors (Lipinski definition) is 2.